The van der Waals surface area contributed by atoms with E-state index in [-0.39, 0.29) is 18.3 Å². The highest BCUT2D eigenvalue weighted by atomic mass is 35.5. The average molecular weight is 399 g/mol. The van der Waals surface area contributed by atoms with Crippen LogP contribution in [0.25, 0.3) is 11.3 Å². The molecule has 2 N–H and O–H groups in total. The van der Waals surface area contributed by atoms with Crippen molar-refractivity contribution in [2.24, 2.45) is 0 Å². The zero-order valence-electron chi connectivity index (χ0n) is 16.3. The maximum absolute atomic E-state index is 12.7. The lowest BCUT2D eigenvalue weighted by Crippen LogP contribution is -2.31. The molecule has 0 unspecified atom stereocenters. The molecule has 0 aliphatic rings. The van der Waals surface area contributed by atoms with E-state index in [4.69, 9.17) is 5.10 Å². The SMILES string of the molecule is CCNCCNC(=O)c1cn(Cc2ccccc2)nc1-c1ccc(C)cc1.Cl. The van der Waals surface area contributed by atoms with Gasteiger partial charge in [-0.15, -0.1) is 12.4 Å². The van der Waals surface area contributed by atoms with Gasteiger partial charge in [0, 0.05) is 24.8 Å². The zero-order chi connectivity index (χ0) is 19.1. The number of aromatic nitrogens is 2. The highest BCUT2D eigenvalue weighted by molar-refractivity contribution is 5.99. The number of halogens is 1. The number of aryl methyl sites for hydroxylation is 1. The molecule has 0 saturated heterocycles. The Morgan fingerprint density at radius 3 is 2.43 bits per heavy atom. The van der Waals surface area contributed by atoms with Crippen molar-refractivity contribution in [3.63, 3.8) is 0 Å². The highest BCUT2D eigenvalue weighted by Gasteiger charge is 2.17. The molecule has 1 heterocycles. The lowest BCUT2D eigenvalue weighted by molar-refractivity contribution is 0.0954. The van der Waals surface area contributed by atoms with E-state index < -0.39 is 0 Å². The van der Waals surface area contributed by atoms with E-state index in [9.17, 15) is 4.79 Å². The Labute approximate surface area is 172 Å². The van der Waals surface area contributed by atoms with Crippen LogP contribution in [0.3, 0.4) is 0 Å². The normalized spacial score (nSPS) is 10.4. The van der Waals surface area contributed by atoms with Gasteiger partial charge in [-0.3, -0.25) is 9.48 Å². The smallest absolute Gasteiger partial charge is 0.255 e. The number of rotatable bonds is 8. The summed E-state index contributed by atoms with van der Waals surface area (Å²) in [4.78, 5) is 12.7. The van der Waals surface area contributed by atoms with Gasteiger partial charge in [0.05, 0.1) is 12.1 Å². The van der Waals surface area contributed by atoms with Crippen LogP contribution in [0.15, 0.2) is 60.8 Å². The van der Waals surface area contributed by atoms with Crippen LogP contribution in [-0.2, 0) is 6.54 Å². The molecule has 148 valence electrons. The summed E-state index contributed by atoms with van der Waals surface area (Å²) < 4.78 is 1.84. The van der Waals surface area contributed by atoms with Crippen molar-refractivity contribution >= 4 is 18.3 Å². The quantitative estimate of drug-likeness (QED) is 0.569. The molecule has 2 aromatic carbocycles. The van der Waals surface area contributed by atoms with Gasteiger partial charge < -0.3 is 10.6 Å². The Balaban J connectivity index is 0.00000280. The van der Waals surface area contributed by atoms with Gasteiger partial charge in [0.15, 0.2) is 0 Å². The van der Waals surface area contributed by atoms with Gasteiger partial charge in [0.25, 0.3) is 5.91 Å². The molecule has 0 spiro atoms. The molecule has 1 amide bonds. The van der Waals surface area contributed by atoms with E-state index in [1.54, 1.807) is 0 Å². The van der Waals surface area contributed by atoms with Gasteiger partial charge in [-0.1, -0.05) is 67.1 Å². The van der Waals surface area contributed by atoms with Crippen LogP contribution in [0.5, 0.6) is 0 Å². The summed E-state index contributed by atoms with van der Waals surface area (Å²) in [6.07, 6.45) is 1.84. The van der Waals surface area contributed by atoms with E-state index in [1.807, 2.05) is 67.2 Å². The first-order valence-corrected chi connectivity index (χ1v) is 9.34. The van der Waals surface area contributed by atoms with Crippen molar-refractivity contribution in [3.05, 3.63) is 77.5 Å². The first-order valence-electron chi connectivity index (χ1n) is 9.34. The molecule has 0 saturated carbocycles. The van der Waals surface area contributed by atoms with Crippen molar-refractivity contribution in [1.29, 1.82) is 0 Å². The molecule has 3 rings (SSSR count). The molecule has 0 aliphatic heterocycles. The van der Waals surface area contributed by atoms with Gasteiger partial charge in [0.1, 0.15) is 5.69 Å². The number of benzene rings is 2. The number of nitrogens with zero attached hydrogens (tertiary/aromatic N) is 2. The Morgan fingerprint density at radius 1 is 1.04 bits per heavy atom. The van der Waals surface area contributed by atoms with E-state index in [0.29, 0.717) is 24.3 Å². The summed E-state index contributed by atoms with van der Waals surface area (Å²) in [7, 11) is 0. The number of hydrogen-bond acceptors (Lipinski definition) is 3. The predicted octanol–water partition coefficient (Wildman–Crippen LogP) is 3.67. The van der Waals surface area contributed by atoms with Crippen LogP contribution in [0.2, 0.25) is 0 Å². The molecule has 0 aliphatic carbocycles. The number of carbonyl (C=O) groups excluding carboxylic acids is 1. The molecule has 0 fully saturated rings. The highest BCUT2D eigenvalue weighted by Crippen LogP contribution is 2.23. The number of carbonyl (C=O) groups is 1. The van der Waals surface area contributed by atoms with Gasteiger partial charge >= 0.3 is 0 Å². The van der Waals surface area contributed by atoms with Crippen molar-refractivity contribution in [3.8, 4) is 11.3 Å². The molecular formula is C22H27ClN4O. The summed E-state index contributed by atoms with van der Waals surface area (Å²) >= 11 is 0. The van der Waals surface area contributed by atoms with E-state index in [0.717, 1.165) is 24.2 Å². The van der Waals surface area contributed by atoms with Gasteiger partial charge in [-0.2, -0.15) is 5.10 Å². The Kier molecular flexibility index (Phi) is 8.23. The molecule has 3 aromatic rings. The van der Waals surface area contributed by atoms with Crippen molar-refractivity contribution in [2.75, 3.05) is 19.6 Å². The monoisotopic (exact) mass is 398 g/mol. The summed E-state index contributed by atoms with van der Waals surface area (Å²) in [5.74, 6) is -0.0946. The Hall–Kier alpha value is -2.63. The third-order valence-corrected chi connectivity index (χ3v) is 4.36. The van der Waals surface area contributed by atoms with E-state index in [2.05, 4.69) is 22.8 Å². The van der Waals surface area contributed by atoms with Crippen LogP contribution in [0.4, 0.5) is 0 Å². The molecule has 0 radical (unpaired) electrons. The van der Waals surface area contributed by atoms with E-state index >= 15 is 0 Å². The first-order chi connectivity index (χ1) is 13.2. The number of likely N-dealkylation sites (N-methyl/N-ethyl adjacent to an activating group) is 1. The maximum Gasteiger partial charge on any atom is 0.255 e. The van der Waals surface area contributed by atoms with Gasteiger partial charge in [-0.05, 0) is 19.0 Å². The minimum Gasteiger partial charge on any atom is -0.351 e. The first kappa shape index (κ1) is 21.7. The fourth-order valence-electron chi connectivity index (χ4n) is 2.90. The fraction of sp³-hybridized carbons (Fsp3) is 0.273. The lowest BCUT2D eigenvalue weighted by Gasteiger charge is -2.06. The molecule has 5 nitrogen and oxygen atoms in total. The molecule has 0 bridgehead atoms. The molecule has 1 aromatic heterocycles. The van der Waals surface area contributed by atoms with Crippen LogP contribution in [-0.4, -0.2) is 35.3 Å². The van der Waals surface area contributed by atoms with E-state index in [1.165, 1.54) is 5.56 Å². The molecule has 6 heteroatoms. The van der Waals surface area contributed by atoms with Gasteiger partial charge in [0.2, 0.25) is 0 Å². The fourth-order valence-corrected chi connectivity index (χ4v) is 2.90. The van der Waals surface area contributed by atoms with Crippen LogP contribution in [0, 0.1) is 6.92 Å². The number of hydrogen-bond donors (Lipinski definition) is 2. The predicted molar refractivity (Wildman–Crippen MR) is 116 cm³/mol. The van der Waals surface area contributed by atoms with Crippen molar-refractivity contribution in [2.45, 2.75) is 20.4 Å². The van der Waals surface area contributed by atoms with Crippen molar-refractivity contribution in [1.82, 2.24) is 20.4 Å². The van der Waals surface area contributed by atoms with Crippen LogP contribution in [0.1, 0.15) is 28.4 Å². The van der Waals surface area contributed by atoms with Crippen LogP contribution >= 0.6 is 12.4 Å². The Bertz CT molecular complexity index is 875. The third kappa shape index (κ3) is 5.68. The minimum absolute atomic E-state index is 0. The summed E-state index contributed by atoms with van der Waals surface area (Å²) in [5, 5.41) is 10.9. The second-order valence-electron chi connectivity index (χ2n) is 6.55. The zero-order valence-corrected chi connectivity index (χ0v) is 17.1. The third-order valence-electron chi connectivity index (χ3n) is 4.36. The molecular weight excluding hydrogens is 372 g/mol. The number of nitrogens with one attached hydrogen (secondary N) is 2. The number of amides is 1. The molecule has 0 atom stereocenters. The minimum atomic E-state index is -0.0946. The maximum atomic E-state index is 12.7. The summed E-state index contributed by atoms with van der Waals surface area (Å²) in [6, 6.07) is 18.2. The average Bonchev–Trinajstić information content (AvgIpc) is 3.10. The topological polar surface area (TPSA) is 58.9 Å². The second kappa shape index (κ2) is 10.6. The van der Waals surface area contributed by atoms with Crippen LogP contribution < -0.4 is 10.6 Å². The lowest BCUT2D eigenvalue weighted by atomic mass is 10.1. The summed E-state index contributed by atoms with van der Waals surface area (Å²) in [5.41, 5.74) is 4.59. The van der Waals surface area contributed by atoms with Crippen molar-refractivity contribution < 1.29 is 4.79 Å². The summed E-state index contributed by atoms with van der Waals surface area (Å²) in [6.45, 7) is 6.95. The second-order valence-corrected chi connectivity index (χ2v) is 6.55. The van der Waals surface area contributed by atoms with Gasteiger partial charge in [-0.25, -0.2) is 0 Å². The largest absolute Gasteiger partial charge is 0.351 e. The Morgan fingerprint density at radius 2 is 1.75 bits per heavy atom. The standard InChI is InChI=1S/C22H26N4O.ClH/c1-3-23-13-14-24-22(27)20-16-26(15-18-7-5-4-6-8-18)25-21(20)19-11-9-17(2)10-12-19;/h4-12,16,23H,3,13-15H2,1-2H3,(H,24,27);1H. The molecule has 28 heavy (non-hydrogen) atoms.